The predicted molar refractivity (Wildman–Crippen MR) is 146 cm³/mol. The number of carbonyl (C=O) groups is 1. The van der Waals surface area contributed by atoms with Crippen LogP contribution in [0.3, 0.4) is 0 Å². The number of benzene rings is 2. The summed E-state index contributed by atoms with van der Waals surface area (Å²) in [6.07, 6.45) is -0.359. The van der Waals surface area contributed by atoms with Crippen LogP contribution >= 0.6 is 34.8 Å². The van der Waals surface area contributed by atoms with Gasteiger partial charge in [-0.1, -0.05) is 60.8 Å². The Labute approximate surface area is 228 Å². The van der Waals surface area contributed by atoms with E-state index in [2.05, 4.69) is 20.7 Å². The van der Waals surface area contributed by atoms with Crippen LogP contribution in [0.25, 0.3) is 17.1 Å². The highest BCUT2D eigenvalue weighted by Crippen LogP contribution is 2.36. The summed E-state index contributed by atoms with van der Waals surface area (Å²) in [4.78, 5) is 33.9. The van der Waals surface area contributed by atoms with Crippen LogP contribution < -0.4 is 16.2 Å². The van der Waals surface area contributed by atoms with E-state index in [1.165, 1.54) is 0 Å². The molecular formula is C25H25Cl3N6O3. The molecule has 4 N–H and O–H groups in total. The van der Waals surface area contributed by atoms with E-state index < -0.39 is 17.7 Å². The van der Waals surface area contributed by atoms with Gasteiger partial charge >= 0.3 is 6.03 Å². The molecule has 1 atom stereocenters. The van der Waals surface area contributed by atoms with Gasteiger partial charge in [0.2, 0.25) is 0 Å². The van der Waals surface area contributed by atoms with E-state index in [1.807, 2.05) is 13.8 Å². The van der Waals surface area contributed by atoms with E-state index in [0.29, 0.717) is 49.3 Å². The Morgan fingerprint density at radius 1 is 1.08 bits per heavy atom. The Kier molecular flexibility index (Phi) is 8.08. The third kappa shape index (κ3) is 6.07. The summed E-state index contributed by atoms with van der Waals surface area (Å²) in [6.45, 7) is 5.63. The first-order valence-corrected chi connectivity index (χ1v) is 12.6. The Balaban J connectivity index is 1.67. The van der Waals surface area contributed by atoms with Crippen molar-refractivity contribution in [2.45, 2.75) is 39.2 Å². The number of urea groups is 1. The lowest BCUT2D eigenvalue weighted by atomic mass is 10.1. The minimum atomic E-state index is -0.640. The van der Waals surface area contributed by atoms with Crippen LogP contribution in [0, 0.1) is 0 Å². The number of nitrogens with one attached hydrogen (secondary N) is 3. The van der Waals surface area contributed by atoms with Gasteiger partial charge in [0.05, 0.1) is 21.8 Å². The lowest BCUT2D eigenvalue weighted by Gasteiger charge is -2.12. The predicted octanol–water partition coefficient (Wildman–Crippen LogP) is 5.24. The molecule has 12 heteroatoms. The number of aliphatic hydroxyl groups is 1. The summed E-state index contributed by atoms with van der Waals surface area (Å²) in [6, 6.07) is 9.79. The lowest BCUT2D eigenvalue weighted by Crippen LogP contribution is -2.34. The topological polar surface area (TPSA) is 125 Å². The van der Waals surface area contributed by atoms with Crippen molar-refractivity contribution in [2.75, 3.05) is 11.9 Å². The van der Waals surface area contributed by atoms with E-state index in [4.69, 9.17) is 39.8 Å². The molecule has 37 heavy (non-hydrogen) atoms. The second kappa shape index (κ2) is 11.1. The highest BCUT2D eigenvalue weighted by atomic mass is 35.5. The van der Waals surface area contributed by atoms with E-state index in [0.717, 1.165) is 5.56 Å². The maximum Gasteiger partial charge on any atom is 0.319 e. The van der Waals surface area contributed by atoms with Gasteiger partial charge in [-0.05, 0) is 42.7 Å². The molecule has 0 radical (unpaired) electrons. The molecule has 0 aromatic heterocycles. The van der Waals surface area contributed by atoms with Gasteiger partial charge in [0.15, 0.2) is 5.82 Å². The zero-order chi connectivity index (χ0) is 26.9. The maximum absolute atomic E-state index is 13.1. The van der Waals surface area contributed by atoms with Gasteiger partial charge in [0.25, 0.3) is 5.56 Å². The number of amides is 2. The van der Waals surface area contributed by atoms with Gasteiger partial charge in [-0.15, -0.1) is 0 Å². The lowest BCUT2D eigenvalue weighted by molar-refractivity contribution is 0.190. The van der Waals surface area contributed by atoms with Crippen molar-refractivity contribution in [3.8, 4) is 17.1 Å². The van der Waals surface area contributed by atoms with Gasteiger partial charge in [-0.25, -0.2) is 14.5 Å². The summed E-state index contributed by atoms with van der Waals surface area (Å²) < 4.78 is 1.59. The number of fused-ring (bicyclic) bond motifs is 1. The molecule has 2 aromatic rings. The average Bonchev–Trinajstić information content (AvgIpc) is 3.18. The summed E-state index contributed by atoms with van der Waals surface area (Å²) in [7, 11) is 0. The SMILES string of the molecule is CC(O)CNC(=O)Nc1ccc(Cc2nc3n(-c4c(Cl)cc(Cl)cc4Cl)[nH]c(C(C)C)c-3c(=O)n2)cc1. The number of anilines is 1. The molecular weight excluding hydrogens is 539 g/mol. The molecule has 1 unspecified atom stereocenters. The third-order valence-electron chi connectivity index (χ3n) is 5.53. The number of carbonyl (C=O) groups excluding carboxylic acids is 1. The van der Waals surface area contributed by atoms with Crippen LogP contribution in [0.4, 0.5) is 10.5 Å². The molecule has 2 amide bonds. The molecule has 0 spiro atoms. The van der Waals surface area contributed by atoms with Crippen molar-refractivity contribution in [3.63, 3.8) is 0 Å². The van der Waals surface area contributed by atoms with Crippen molar-refractivity contribution < 1.29 is 9.90 Å². The molecule has 2 heterocycles. The standard InChI is InChI=1S/C25H25Cl3N6O3/c1-12(2)21-20-23(34(33-21)22-17(27)9-15(26)10-18(22)28)31-19(32-24(20)36)8-14-4-6-16(7-5-14)30-25(37)29-11-13(3)35/h4-7,9-10,12-13,33,35H,8,11H2,1-3H3,(H2,29,30,37). The number of halogens is 3. The van der Waals surface area contributed by atoms with Crippen molar-refractivity contribution >= 4 is 46.5 Å². The number of hydrogen-bond donors (Lipinski definition) is 4. The first kappa shape index (κ1) is 26.9. The second-order valence-electron chi connectivity index (χ2n) is 8.93. The van der Waals surface area contributed by atoms with Crippen molar-refractivity contribution in [1.82, 2.24) is 25.1 Å². The van der Waals surface area contributed by atoms with E-state index in [9.17, 15) is 14.7 Å². The monoisotopic (exact) mass is 562 g/mol. The minimum Gasteiger partial charge on any atom is -0.392 e. The third-order valence-corrected chi connectivity index (χ3v) is 6.33. The molecule has 2 aliphatic heterocycles. The molecule has 2 aromatic carbocycles. The zero-order valence-corrected chi connectivity index (χ0v) is 22.5. The Morgan fingerprint density at radius 2 is 1.73 bits per heavy atom. The molecule has 9 nitrogen and oxygen atoms in total. The van der Waals surface area contributed by atoms with Crippen molar-refractivity contribution in [2.24, 2.45) is 0 Å². The first-order chi connectivity index (χ1) is 17.5. The quantitative estimate of drug-likeness (QED) is 0.245. The molecule has 4 rings (SSSR count). The average molecular weight is 564 g/mol. The first-order valence-electron chi connectivity index (χ1n) is 11.5. The largest absolute Gasteiger partial charge is 0.392 e. The number of aromatic nitrogens is 4. The van der Waals surface area contributed by atoms with E-state index >= 15 is 0 Å². The summed E-state index contributed by atoms with van der Waals surface area (Å²) >= 11 is 19.0. The molecule has 0 bridgehead atoms. The Morgan fingerprint density at radius 3 is 2.32 bits per heavy atom. The Bertz CT molecular complexity index is 1440. The summed E-state index contributed by atoms with van der Waals surface area (Å²) in [5, 5.41) is 18.7. The van der Waals surface area contributed by atoms with Gasteiger partial charge in [-0.3, -0.25) is 9.89 Å². The highest BCUT2D eigenvalue weighted by molar-refractivity contribution is 6.40. The van der Waals surface area contributed by atoms with E-state index in [-0.39, 0.29) is 18.9 Å². The van der Waals surface area contributed by atoms with Crippen LogP contribution in [-0.4, -0.2) is 43.5 Å². The fourth-order valence-electron chi connectivity index (χ4n) is 3.81. The van der Waals surface area contributed by atoms with E-state index in [1.54, 1.807) is 48.0 Å². The summed E-state index contributed by atoms with van der Waals surface area (Å²) in [5.41, 5.74) is 2.46. The Hall–Kier alpha value is -3.11. The number of rotatable bonds is 7. The van der Waals surface area contributed by atoms with Crippen LogP contribution in [0.5, 0.6) is 0 Å². The number of H-pyrrole nitrogens is 1. The molecule has 0 saturated carbocycles. The molecule has 0 fully saturated rings. The molecule has 2 aliphatic rings. The molecule has 194 valence electrons. The summed E-state index contributed by atoms with van der Waals surface area (Å²) in [5.74, 6) is 0.656. The molecule has 0 saturated heterocycles. The van der Waals surface area contributed by atoms with Crippen LogP contribution in [0.1, 0.15) is 43.8 Å². The molecule has 0 aliphatic carbocycles. The highest BCUT2D eigenvalue weighted by Gasteiger charge is 2.27. The van der Waals surface area contributed by atoms with Crippen molar-refractivity contribution in [1.29, 1.82) is 0 Å². The number of aliphatic hydroxyl groups excluding tert-OH is 1. The smallest absolute Gasteiger partial charge is 0.319 e. The van der Waals surface area contributed by atoms with Gasteiger partial charge in [-0.2, -0.15) is 4.98 Å². The number of nitrogens with zero attached hydrogens (tertiary/aromatic N) is 3. The zero-order valence-electron chi connectivity index (χ0n) is 20.3. The fourth-order valence-corrected chi connectivity index (χ4v) is 4.80. The van der Waals surface area contributed by atoms with Crippen molar-refractivity contribution in [3.05, 3.63) is 78.9 Å². The number of aromatic amines is 1. The van der Waals surface area contributed by atoms with Crippen LogP contribution in [-0.2, 0) is 6.42 Å². The van der Waals surface area contributed by atoms with Gasteiger partial charge < -0.3 is 15.7 Å². The second-order valence-corrected chi connectivity index (χ2v) is 10.2. The van der Waals surface area contributed by atoms with Gasteiger partial charge in [0, 0.05) is 23.7 Å². The maximum atomic E-state index is 13.1. The van der Waals surface area contributed by atoms with Crippen LogP contribution in [0.2, 0.25) is 15.1 Å². The fraction of sp³-hybridized carbons (Fsp3) is 0.280. The minimum absolute atomic E-state index is 0.0198. The normalized spacial score (nSPS) is 12.2. The van der Waals surface area contributed by atoms with Crippen LogP contribution in [0.15, 0.2) is 41.2 Å². The number of hydrogen-bond acceptors (Lipinski definition) is 5. The van der Waals surface area contributed by atoms with Gasteiger partial charge in [0.1, 0.15) is 17.1 Å².